The molecular formula is C19H27N3O4S. The molecule has 8 heteroatoms. The number of nitrogen functional groups attached to an aromatic ring is 1. The van der Waals surface area contributed by atoms with Crippen molar-refractivity contribution in [2.45, 2.75) is 17.9 Å². The second-order valence-corrected chi connectivity index (χ2v) is 8.15. The number of rotatable bonds is 10. The van der Waals surface area contributed by atoms with Gasteiger partial charge in [-0.15, -0.1) is 0 Å². The topological polar surface area (TPSA) is 93.9 Å². The van der Waals surface area contributed by atoms with Crippen molar-refractivity contribution in [3.05, 3.63) is 48.0 Å². The van der Waals surface area contributed by atoms with E-state index in [1.54, 1.807) is 31.4 Å². The number of hydrogen-bond acceptors (Lipinski definition) is 6. The van der Waals surface area contributed by atoms with Crippen LogP contribution in [0.1, 0.15) is 12.0 Å². The zero-order chi connectivity index (χ0) is 19.9. The number of sulfonamides is 1. The van der Waals surface area contributed by atoms with E-state index >= 15 is 0 Å². The number of nitrogens with one attached hydrogen (secondary N) is 1. The van der Waals surface area contributed by atoms with Gasteiger partial charge in [0.25, 0.3) is 0 Å². The summed E-state index contributed by atoms with van der Waals surface area (Å²) in [4.78, 5) is 2.26. The van der Waals surface area contributed by atoms with Crippen LogP contribution in [0.25, 0.3) is 0 Å². The molecule has 27 heavy (non-hydrogen) atoms. The van der Waals surface area contributed by atoms with Crippen LogP contribution >= 0.6 is 0 Å². The van der Waals surface area contributed by atoms with Gasteiger partial charge in [-0.1, -0.05) is 6.07 Å². The molecule has 0 unspecified atom stereocenters. The van der Waals surface area contributed by atoms with Gasteiger partial charge < -0.3 is 20.1 Å². The van der Waals surface area contributed by atoms with Crippen LogP contribution in [-0.2, 0) is 16.6 Å². The molecule has 0 heterocycles. The molecule has 0 amide bonds. The molecule has 0 aliphatic rings. The first-order chi connectivity index (χ1) is 12.8. The van der Waals surface area contributed by atoms with Crippen molar-refractivity contribution < 1.29 is 17.9 Å². The first-order valence-corrected chi connectivity index (χ1v) is 10.1. The zero-order valence-corrected chi connectivity index (χ0v) is 16.8. The van der Waals surface area contributed by atoms with E-state index in [2.05, 4.69) is 9.62 Å². The van der Waals surface area contributed by atoms with Crippen molar-refractivity contribution in [2.75, 3.05) is 40.1 Å². The third-order valence-corrected chi connectivity index (χ3v) is 5.31. The number of benzene rings is 2. The average molecular weight is 394 g/mol. The van der Waals surface area contributed by atoms with E-state index in [9.17, 15) is 8.42 Å². The Morgan fingerprint density at radius 1 is 1.07 bits per heavy atom. The summed E-state index contributed by atoms with van der Waals surface area (Å²) in [5.41, 5.74) is 6.88. The van der Waals surface area contributed by atoms with Gasteiger partial charge in [0.2, 0.25) is 10.0 Å². The minimum atomic E-state index is -3.61. The predicted molar refractivity (Wildman–Crippen MR) is 107 cm³/mol. The molecule has 0 atom stereocenters. The summed E-state index contributed by atoms with van der Waals surface area (Å²) in [5, 5.41) is 0. The Kier molecular flexibility index (Phi) is 7.46. The van der Waals surface area contributed by atoms with Crippen LogP contribution in [0, 0.1) is 0 Å². The molecule has 2 rings (SSSR count). The highest BCUT2D eigenvalue weighted by atomic mass is 32.2. The van der Waals surface area contributed by atoms with Gasteiger partial charge in [0, 0.05) is 18.8 Å². The van der Waals surface area contributed by atoms with Gasteiger partial charge in [-0.05, 0) is 62.5 Å². The van der Waals surface area contributed by atoms with Crippen molar-refractivity contribution in [3.8, 4) is 11.5 Å². The number of nitrogens with two attached hydrogens (primary N) is 1. The van der Waals surface area contributed by atoms with Crippen LogP contribution in [0.4, 0.5) is 5.69 Å². The SMILES string of the molecule is COc1cc(CNS(=O)(=O)c2ccc(N)cc2)ccc1OCCCN(C)C. The number of ether oxygens (including phenoxy) is 2. The van der Waals surface area contributed by atoms with Gasteiger partial charge in [-0.3, -0.25) is 0 Å². The third kappa shape index (κ3) is 6.42. The lowest BCUT2D eigenvalue weighted by atomic mass is 10.2. The first-order valence-electron chi connectivity index (χ1n) is 8.61. The molecular weight excluding hydrogens is 366 g/mol. The average Bonchev–Trinajstić information content (AvgIpc) is 2.64. The van der Waals surface area contributed by atoms with E-state index in [0.29, 0.717) is 23.8 Å². The van der Waals surface area contributed by atoms with Crippen LogP contribution in [0.15, 0.2) is 47.4 Å². The molecule has 2 aromatic rings. The summed E-state index contributed by atoms with van der Waals surface area (Å²) >= 11 is 0. The van der Waals surface area contributed by atoms with E-state index in [1.807, 2.05) is 20.2 Å². The Morgan fingerprint density at radius 2 is 1.78 bits per heavy atom. The van der Waals surface area contributed by atoms with Crippen molar-refractivity contribution in [2.24, 2.45) is 0 Å². The van der Waals surface area contributed by atoms with Crippen molar-refractivity contribution in [1.82, 2.24) is 9.62 Å². The maximum atomic E-state index is 12.4. The Bertz CT molecular complexity index is 837. The molecule has 7 nitrogen and oxygen atoms in total. The lowest BCUT2D eigenvalue weighted by molar-refractivity contribution is 0.268. The zero-order valence-electron chi connectivity index (χ0n) is 15.9. The maximum absolute atomic E-state index is 12.4. The first kappa shape index (κ1) is 21.0. The van der Waals surface area contributed by atoms with Gasteiger partial charge >= 0.3 is 0 Å². The van der Waals surface area contributed by atoms with Crippen LogP contribution < -0.4 is 19.9 Å². The smallest absolute Gasteiger partial charge is 0.240 e. The highest BCUT2D eigenvalue weighted by Crippen LogP contribution is 2.28. The van der Waals surface area contributed by atoms with Crippen molar-refractivity contribution >= 4 is 15.7 Å². The molecule has 0 fully saturated rings. The summed E-state index contributed by atoms with van der Waals surface area (Å²) in [5.74, 6) is 1.21. The molecule has 0 aromatic heterocycles. The molecule has 0 saturated carbocycles. The summed E-state index contributed by atoms with van der Waals surface area (Å²) in [6.45, 7) is 1.66. The third-order valence-electron chi connectivity index (χ3n) is 3.89. The van der Waals surface area contributed by atoms with Crippen molar-refractivity contribution in [3.63, 3.8) is 0 Å². The molecule has 0 aliphatic carbocycles. The van der Waals surface area contributed by atoms with E-state index in [-0.39, 0.29) is 11.4 Å². The molecule has 0 radical (unpaired) electrons. The highest BCUT2D eigenvalue weighted by Gasteiger charge is 2.14. The number of hydrogen-bond donors (Lipinski definition) is 2. The maximum Gasteiger partial charge on any atom is 0.240 e. The number of nitrogens with zero attached hydrogens (tertiary/aromatic N) is 1. The molecule has 0 spiro atoms. The van der Waals surface area contributed by atoms with Gasteiger partial charge in [0.1, 0.15) is 0 Å². The Balaban J connectivity index is 1.99. The standard InChI is InChI=1S/C19H27N3O4S/c1-22(2)11-4-12-26-18-10-5-15(13-19(18)25-3)14-21-27(23,24)17-8-6-16(20)7-9-17/h5-10,13,21H,4,11-12,14,20H2,1-3H3. The van der Waals surface area contributed by atoms with E-state index < -0.39 is 10.0 Å². The van der Waals surface area contributed by atoms with Crippen LogP contribution in [0.2, 0.25) is 0 Å². The normalized spacial score (nSPS) is 11.6. The Labute approximate surface area is 161 Å². The molecule has 148 valence electrons. The van der Waals surface area contributed by atoms with Crippen molar-refractivity contribution in [1.29, 1.82) is 0 Å². The van der Waals surface area contributed by atoms with Gasteiger partial charge in [0.05, 0.1) is 18.6 Å². The fourth-order valence-electron chi connectivity index (χ4n) is 2.41. The molecule has 0 aliphatic heterocycles. The Hall–Kier alpha value is -2.29. The number of anilines is 1. The second kappa shape index (κ2) is 9.59. The van der Waals surface area contributed by atoms with Crippen LogP contribution in [0.5, 0.6) is 11.5 Å². The molecule has 0 bridgehead atoms. The van der Waals surface area contributed by atoms with Crippen LogP contribution in [-0.4, -0.2) is 47.7 Å². The molecule has 0 saturated heterocycles. The monoisotopic (exact) mass is 393 g/mol. The number of methoxy groups -OCH3 is 1. The summed E-state index contributed by atoms with van der Waals surface area (Å²) in [7, 11) is 1.98. The van der Waals surface area contributed by atoms with E-state index in [0.717, 1.165) is 18.5 Å². The Morgan fingerprint density at radius 3 is 2.41 bits per heavy atom. The van der Waals surface area contributed by atoms with E-state index in [1.165, 1.54) is 12.1 Å². The molecule has 3 N–H and O–H groups in total. The highest BCUT2D eigenvalue weighted by molar-refractivity contribution is 7.89. The fourth-order valence-corrected chi connectivity index (χ4v) is 3.43. The summed E-state index contributed by atoms with van der Waals surface area (Å²) < 4.78 is 38.4. The van der Waals surface area contributed by atoms with Gasteiger partial charge in [0.15, 0.2) is 11.5 Å². The van der Waals surface area contributed by atoms with E-state index in [4.69, 9.17) is 15.2 Å². The quantitative estimate of drug-likeness (QED) is 0.474. The lowest BCUT2D eigenvalue weighted by Crippen LogP contribution is -2.23. The van der Waals surface area contributed by atoms with Gasteiger partial charge in [-0.2, -0.15) is 0 Å². The predicted octanol–water partition coefficient (Wildman–Crippen LogP) is 2.09. The van der Waals surface area contributed by atoms with Gasteiger partial charge in [-0.25, -0.2) is 13.1 Å². The summed E-state index contributed by atoms with van der Waals surface area (Å²) in [6, 6.07) is 11.4. The summed E-state index contributed by atoms with van der Waals surface area (Å²) in [6.07, 6.45) is 0.902. The molecule has 2 aromatic carbocycles. The lowest BCUT2D eigenvalue weighted by Gasteiger charge is -2.14. The largest absolute Gasteiger partial charge is 0.493 e. The minimum absolute atomic E-state index is 0.143. The fraction of sp³-hybridized carbons (Fsp3) is 0.368. The second-order valence-electron chi connectivity index (χ2n) is 6.38. The minimum Gasteiger partial charge on any atom is -0.493 e. The van der Waals surface area contributed by atoms with Crippen LogP contribution in [0.3, 0.4) is 0 Å².